The molecule has 0 aliphatic heterocycles. The minimum Gasteiger partial charge on any atom is -0.395 e. The highest BCUT2D eigenvalue weighted by atomic mass is 35.5. The van der Waals surface area contributed by atoms with Gasteiger partial charge in [0.05, 0.1) is 13.2 Å². The first-order valence-corrected chi connectivity index (χ1v) is 6.99. The van der Waals surface area contributed by atoms with Crippen LogP contribution in [0.15, 0.2) is 30.3 Å². The molecule has 6 heteroatoms. The second-order valence-electron chi connectivity index (χ2n) is 4.53. The van der Waals surface area contributed by atoms with Crippen LogP contribution in [0.3, 0.4) is 0 Å². The number of aromatic nitrogens is 1. The van der Waals surface area contributed by atoms with Gasteiger partial charge in [-0.2, -0.15) is 0 Å². The van der Waals surface area contributed by atoms with E-state index in [4.69, 9.17) is 21.4 Å². The number of rotatable bonds is 6. The quantitative estimate of drug-likeness (QED) is 0.829. The van der Waals surface area contributed by atoms with E-state index in [0.29, 0.717) is 18.3 Å². The summed E-state index contributed by atoms with van der Waals surface area (Å²) in [6, 6.07) is 9.19. The molecule has 0 saturated carbocycles. The molecule has 0 unspecified atom stereocenters. The van der Waals surface area contributed by atoms with E-state index in [1.807, 2.05) is 24.3 Å². The van der Waals surface area contributed by atoms with Crippen LogP contribution in [0.1, 0.15) is 10.5 Å². The van der Waals surface area contributed by atoms with Gasteiger partial charge in [-0.1, -0.05) is 35.9 Å². The zero-order valence-corrected chi connectivity index (χ0v) is 12.5. The standard InChI is InChI=1S/C15H17ClN2O3/c1-21-9-7-18(6-8-19)15(20)13-10-11-4-2-3-5-12(11)14(16)17-13/h2-5,10,19H,6-9H2,1H3. The largest absolute Gasteiger partial charge is 0.395 e. The summed E-state index contributed by atoms with van der Waals surface area (Å²) in [5.74, 6) is -0.270. The zero-order chi connectivity index (χ0) is 15.2. The summed E-state index contributed by atoms with van der Waals surface area (Å²) < 4.78 is 4.98. The van der Waals surface area contributed by atoms with E-state index in [0.717, 1.165) is 10.8 Å². The number of aliphatic hydroxyl groups is 1. The Morgan fingerprint density at radius 3 is 2.86 bits per heavy atom. The predicted molar refractivity (Wildman–Crippen MR) is 81.6 cm³/mol. The van der Waals surface area contributed by atoms with Gasteiger partial charge >= 0.3 is 0 Å². The average molecular weight is 309 g/mol. The number of methoxy groups -OCH3 is 1. The Morgan fingerprint density at radius 2 is 2.14 bits per heavy atom. The third-order valence-electron chi connectivity index (χ3n) is 3.14. The van der Waals surface area contributed by atoms with E-state index in [9.17, 15) is 4.79 Å². The van der Waals surface area contributed by atoms with E-state index in [2.05, 4.69) is 4.98 Å². The van der Waals surface area contributed by atoms with E-state index in [-0.39, 0.29) is 24.8 Å². The normalized spacial score (nSPS) is 10.8. The van der Waals surface area contributed by atoms with Gasteiger partial charge in [-0.25, -0.2) is 4.98 Å². The topological polar surface area (TPSA) is 62.7 Å². The fourth-order valence-electron chi connectivity index (χ4n) is 2.06. The number of carbonyl (C=O) groups excluding carboxylic acids is 1. The van der Waals surface area contributed by atoms with Crippen molar-refractivity contribution in [3.05, 3.63) is 41.2 Å². The fraction of sp³-hybridized carbons (Fsp3) is 0.333. The Hall–Kier alpha value is -1.69. The van der Waals surface area contributed by atoms with Crippen molar-refractivity contribution >= 4 is 28.3 Å². The van der Waals surface area contributed by atoms with Gasteiger partial charge < -0.3 is 14.7 Å². The van der Waals surface area contributed by atoms with Gasteiger partial charge in [0.1, 0.15) is 10.8 Å². The molecule has 2 aromatic rings. The second-order valence-corrected chi connectivity index (χ2v) is 4.89. The smallest absolute Gasteiger partial charge is 0.272 e. The van der Waals surface area contributed by atoms with E-state index in [1.54, 1.807) is 13.2 Å². The molecular formula is C15H17ClN2O3. The van der Waals surface area contributed by atoms with Crippen LogP contribution in [-0.2, 0) is 4.74 Å². The van der Waals surface area contributed by atoms with Crippen LogP contribution >= 0.6 is 11.6 Å². The minimum absolute atomic E-state index is 0.114. The first kappa shape index (κ1) is 15.7. The number of pyridine rings is 1. The summed E-state index contributed by atoms with van der Waals surface area (Å²) in [5.41, 5.74) is 0.267. The van der Waals surface area contributed by atoms with Crippen molar-refractivity contribution in [1.82, 2.24) is 9.88 Å². The Morgan fingerprint density at radius 1 is 1.38 bits per heavy atom. The zero-order valence-electron chi connectivity index (χ0n) is 11.8. The number of nitrogens with zero attached hydrogens (tertiary/aromatic N) is 2. The van der Waals surface area contributed by atoms with Gasteiger partial charge in [-0.05, 0) is 11.5 Å². The number of amides is 1. The highest BCUT2D eigenvalue weighted by Crippen LogP contribution is 2.22. The third-order valence-corrected chi connectivity index (χ3v) is 3.42. The van der Waals surface area contributed by atoms with Gasteiger partial charge in [-0.3, -0.25) is 4.79 Å². The number of fused-ring (bicyclic) bond motifs is 1. The van der Waals surface area contributed by atoms with Crippen LogP contribution in [0.4, 0.5) is 0 Å². The van der Waals surface area contributed by atoms with Crippen LogP contribution in [-0.4, -0.2) is 54.3 Å². The molecule has 1 amide bonds. The molecule has 0 aliphatic rings. The second kappa shape index (κ2) is 7.36. The van der Waals surface area contributed by atoms with Crippen LogP contribution in [0.2, 0.25) is 5.15 Å². The third kappa shape index (κ3) is 3.69. The van der Waals surface area contributed by atoms with Crippen molar-refractivity contribution in [2.75, 3.05) is 33.4 Å². The van der Waals surface area contributed by atoms with Gasteiger partial charge in [0.2, 0.25) is 0 Å². The summed E-state index contributed by atoms with van der Waals surface area (Å²) in [7, 11) is 1.56. The predicted octanol–water partition coefficient (Wildman–Crippen LogP) is 1.97. The Labute approximate surface area is 128 Å². The van der Waals surface area contributed by atoms with Gasteiger partial charge in [-0.15, -0.1) is 0 Å². The fourth-order valence-corrected chi connectivity index (χ4v) is 2.33. The van der Waals surface area contributed by atoms with Crippen LogP contribution in [0.25, 0.3) is 10.8 Å². The van der Waals surface area contributed by atoms with E-state index in [1.165, 1.54) is 4.90 Å². The number of hydrogen-bond donors (Lipinski definition) is 1. The molecule has 1 heterocycles. The lowest BCUT2D eigenvalue weighted by molar-refractivity contribution is 0.0651. The Kier molecular flexibility index (Phi) is 5.50. The van der Waals surface area contributed by atoms with Crippen molar-refractivity contribution < 1.29 is 14.6 Å². The summed E-state index contributed by atoms with van der Waals surface area (Å²) in [6.45, 7) is 0.903. The molecule has 1 aromatic carbocycles. The number of hydrogen-bond acceptors (Lipinski definition) is 4. The van der Waals surface area contributed by atoms with Crippen LogP contribution < -0.4 is 0 Å². The summed E-state index contributed by atoms with van der Waals surface area (Å²) in [4.78, 5) is 18.1. The molecule has 0 spiro atoms. The van der Waals surface area contributed by atoms with Crippen molar-refractivity contribution in [2.24, 2.45) is 0 Å². The maximum Gasteiger partial charge on any atom is 0.272 e. The summed E-state index contributed by atoms with van der Waals surface area (Å²) >= 11 is 6.14. The molecule has 1 aromatic heterocycles. The molecular weight excluding hydrogens is 292 g/mol. The average Bonchev–Trinajstić information content (AvgIpc) is 2.50. The molecule has 21 heavy (non-hydrogen) atoms. The first-order chi connectivity index (χ1) is 10.2. The molecule has 112 valence electrons. The summed E-state index contributed by atoms with van der Waals surface area (Å²) in [6.07, 6.45) is 0. The minimum atomic E-state index is -0.270. The molecule has 2 rings (SSSR count). The highest BCUT2D eigenvalue weighted by Gasteiger charge is 2.18. The van der Waals surface area contributed by atoms with Crippen molar-refractivity contribution in [3.8, 4) is 0 Å². The van der Waals surface area contributed by atoms with Gasteiger partial charge in [0.15, 0.2) is 0 Å². The Balaban J connectivity index is 2.32. The van der Waals surface area contributed by atoms with Crippen LogP contribution in [0.5, 0.6) is 0 Å². The number of carbonyl (C=O) groups is 1. The molecule has 0 radical (unpaired) electrons. The van der Waals surface area contributed by atoms with E-state index < -0.39 is 0 Å². The van der Waals surface area contributed by atoms with Gasteiger partial charge in [0, 0.05) is 25.6 Å². The number of aliphatic hydroxyl groups excluding tert-OH is 1. The molecule has 0 saturated heterocycles. The molecule has 0 bridgehead atoms. The Bertz CT molecular complexity index is 633. The number of benzene rings is 1. The van der Waals surface area contributed by atoms with Crippen molar-refractivity contribution in [1.29, 1.82) is 0 Å². The maximum atomic E-state index is 12.5. The SMILES string of the molecule is COCCN(CCO)C(=O)c1cc2ccccc2c(Cl)n1. The lowest BCUT2D eigenvalue weighted by atomic mass is 10.1. The molecule has 1 N–H and O–H groups in total. The number of halogens is 1. The summed E-state index contributed by atoms with van der Waals surface area (Å²) in [5, 5.41) is 11.0. The monoisotopic (exact) mass is 308 g/mol. The van der Waals surface area contributed by atoms with Gasteiger partial charge in [0.25, 0.3) is 5.91 Å². The molecule has 0 fully saturated rings. The lowest BCUT2D eigenvalue weighted by Gasteiger charge is -2.21. The van der Waals surface area contributed by atoms with Crippen molar-refractivity contribution in [3.63, 3.8) is 0 Å². The van der Waals surface area contributed by atoms with Crippen LogP contribution in [0, 0.1) is 0 Å². The molecule has 0 atom stereocenters. The van der Waals surface area contributed by atoms with Crippen molar-refractivity contribution in [2.45, 2.75) is 0 Å². The first-order valence-electron chi connectivity index (χ1n) is 6.61. The maximum absolute atomic E-state index is 12.5. The number of ether oxygens (including phenoxy) is 1. The molecule has 5 nitrogen and oxygen atoms in total. The van der Waals surface area contributed by atoms with E-state index >= 15 is 0 Å². The molecule has 0 aliphatic carbocycles. The highest BCUT2D eigenvalue weighted by molar-refractivity contribution is 6.34. The lowest BCUT2D eigenvalue weighted by Crippen LogP contribution is -2.36.